The van der Waals surface area contributed by atoms with Crippen molar-refractivity contribution in [1.82, 2.24) is 20.2 Å². The molecule has 3 atom stereocenters. The van der Waals surface area contributed by atoms with Gasteiger partial charge < -0.3 is 38.7 Å². The number of aryl methyl sites for hydroxylation is 2. The number of carbonyl (C=O) groups excluding carboxylic acids is 2. The van der Waals surface area contributed by atoms with Crippen LogP contribution >= 0.6 is 23.2 Å². The molecule has 4 aromatic carbocycles. The highest BCUT2D eigenvalue weighted by atomic mass is 35.5. The number of hydrogen-bond donors (Lipinski definition) is 2. The smallest absolute Gasteiger partial charge is 0.326 e. The minimum Gasteiger partial charge on any atom is -0.489 e. The number of aromatic nitrogens is 2. The zero-order valence-corrected chi connectivity index (χ0v) is 34.8. The Bertz CT molecular complexity index is 2620. The molecule has 8 rings (SSSR count). The lowest BCUT2D eigenvalue weighted by molar-refractivity contribution is -0.142. The third-order valence-electron chi connectivity index (χ3n) is 10.8. The predicted octanol–water partition coefficient (Wildman–Crippen LogP) is 8.56. The molecule has 0 saturated heterocycles. The Morgan fingerprint density at radius 3 is 2.33 bits per heavy atom. The highest BCUT2D eigenvalue weighted by Gasteiger charge is 2.39. The highest BCUT2D eigenvalue weighted by molar-refractivity contribution is 6.42. The molecule has 2 aliphatic rings. The Hall–Kier alpha value is -6.57. The number of benzene rings is 4. The monoisotopic (exact) mass is 862 g/mol. The topological polar surface area (TPSA) is 163 Å². The van der Waals surface area contributed by atoms with Crippen LogP contribution in [0.3, 0.4) is 0 Å². The molecule has 1 unspecified atom stereocenters. The average molecular weight is 864 g/mol. The molecule has 0 bridgehead atoms. The van der Waals surface area contributed by atoms with Gasteiger partial charge in [0.2, 0.25) is 11.7 Å². The summed E-state index contributed by atoms with van der Waals surface area (Å²) >= 11 is 12.2. The van der Waals surface area contributed by atoms with E-state index in [-0.39, 0.29) is 31.8 Å². The first-order chi connectivity index (χ1) is 29.4. The molecular weight excluding hydrogens is 823 g/mol. The third-order valence-corrected chi connectivity index (χ3v) is 11.6. The molecule has 2 aliphatic heterocycles. The Morgan fingerprint density at radius 1 is 0.869 bits per heavy atom. The Kier molecular flexibility index (Phi) is 11.9. The van der Waals surface area contributed by atoms with E-state index in [2.05, 4.69) is 15.3 Å². The van der Waals surface area contributed by atoms with E-state index in [1.54, 1.807) is 55.6 Å². The summed E-state index contributed by atoms with van der Waals surface area (Å²) in [6.45, 7) is 6.00. The molecule has 0 fully saturated rings. The van der Waals surface area contributed by atoms with E-state index < -0.39 is 36.0 Å². The fraction of sp³-hybridized carbons (Fsp3) is 0.239. The molecule has 312 valence electrons. The van der Waals surface area contributed by atoms with Gasteiger partial charge in [-0.3, -0.25) is 14.6 Å². The zero-order valence-electron chi connectivity index (χ0n) is 33.3. The summed E-state index contributed by atoms with van der Waals surface area (Å²) in [4.78, 5) is 50.5. The first-order valence-corrected chi connectivity index (χ1v) is 20.2. The van der Waals surface area contributed by atoms with Gasteiger partial charge in [-0.15, -0.1) is 0 Å². The van der Waals surface area contributed by atoms with Gasteiger partial charge in [0.1, 0.15) is 42.5 Å². The number of aliphatic carboxylic acids is 1. The number of pyridine rings is 1. The number of oxazole rings is 1. The molecule has 61 heavy (non-hydrogen) atoms. The highest BCUT2D eigenvalue weighted by Crippen LogP contribution is 2.41. The number of carboxylic acids is 1. The maximum Gasteiger partial charge on any atom is 0.326 e. The molecule has 15 heteroatoms. The second-order valence-electron chi connectivity index (χ2n) is 14.9. The van der Waals surface area contributed by atoms with E-state index in [1.807, 2.05) is 56.3 Å². The summed E-state index contributed by atoms with van der Waals surface area (Å²) < 4.78 is 30.1. The van der Waals surface area contributed by atoms with Crippen LogP contribution in [0.5, 0.6) is 28.7 Å². The Balaban J connectivity index is 0.968. The number of nitrogens with one attached hydrogen (secondary N) is 1. The fourth-order valence-electron chi connectivity index (χ4n) is 7.23. The van der Waals surface area contributed by atoms with E-state index in [0.717, 1.165) is 33.5 Å². The van der Waals surface area contributed by atoms with E-state index in [1.165, 1.54) is 11.3 Å². The second-order valence-corrected chi connectivity index (χ2v) is 15.7. The maximum atomic E-state index is 14.1. The number of hydrogen-bond acceptors (Lipinski definition) is 10. The number of ether oxygens (including phenoxy) is 4. The molecule has 2 amide bonds. The van der Waals surface area contributed by atoms with Crippen molar-refractivity contribution in [2.75, 3.05) is 6.61 Å². The summed E-state index contributed by atoms with van der Waals surface area (Å²) in [5.41, 5.74) is 6.02. The van der Waals surface area contributed by atoms with Gasteiger partial charge in [0.15, 0.2) is 24.0 Å². The van der Waals surface area contributed by atoms with Crippen LogP contribution in [0.15, 0.2) is 102 Å². The number of carbonyl (C=O) groups is 3. The van der Waals surface area contributed by atoms with Gasteiger partial charge in [0.05, 0.1) is 15.7 Å². The zero-order chi connectivity index (χ0) is 42.8. The van der Waals surface area contributed by atoms with Crippen LogP contribution < -0.4 is 24.3 Å². The fourth-order valence-corrected chi connectivity index (χ4v) is 7.55. The first-order valence-electron chi connectivity index (χ1n) is 19.5. The van der Waals surface area contributed by atoms with Crippen LogP contribution in [0, 0.1) is 20.8 Å². The maximum absolute atomic E-state index is 14.1. The van der Waals surface area contributed by atoms with E-state index in [9.17, 15) is 19.5 Å². The van der Waals surface area contributed by atoms with Gasteiger partial charge >= 0.3 is 5.97 Å². The summed E-state index contributed by atoms with van der Waals surface area (Å²) in [5.74, 6) is 0.432. The van der Waals surface area contributed by atoms with Crippen molar-refractivity contribution in [2.45, 2.75) is 65.0 Å². The van der Waals surface area contributed by atoms with Crippen LogP contribution in [0.1, 0.15) is 61.4 Å². The SMILES string of the molecule is Cc1ncoc1C(=O)N1Cc2cc3c(cc2C[C@H]1C(=O)NC(Cc1ccc(Oc2ccnc(C)c2C)cc1)C(=O)O)OC[C@H](c1ccc(OCc2ccc(Cl)c(Cl)c2)cc1)O3. The number of amides is 2. The number of halogens is 2. The van der Waals surface area contributed by atoms with Gasteiger partial charge in [0.25, 0.3) is 5.91 Å². The predicted molar refractivity (Wildman–Crippen MR) is 225 cm³/mol. The molecule has 2 aromatic heterocycles. The van der Waals surface area contributed by atoms with Crippen LogP contribution in [0.4, 0.5) is 0 Å². The van der Waals surface area contributed by atoms with Crippen molar-refractivity contribution in [3.8, 4) is 28.7 Å². The molecule has 2 N–H and O–H groups in total. The normalized spacial score (nSPS) is 16.0. The third kappa shape index (κ3) is 9.13. The number of nitrogens with zero attached hydrogens (tertiary/aromatic N) is 3. The lowest BCUT2D eigenvalue weighted by Gasteiger charge is -2.37. The standard InChI is InChI=1S/C46H40Cl2N4O9/c1-25-26(2)49-15-14-39(25)60-34-9-4-28(5-10-34)17-37(46(55)56)51-44(53)38-18-31-19-40-41(20-32(31)21-52(38)45(54)43-27(3)50-24-59-43)61-42(23-58-40)30-7-11-33(12-8-30)57-22-29-6-13-35(47)36(48)16-29/h4-16,19-20,24,37-38,42H,17-18,21-23H2,1-3H3,(H,51,53)(H,55,56)/t37?,38-,42+/m0/s1. The van der Waals surface area contributed by atoms with Crippen LogP contribution in [-0.2, 0) is 35.6 Å². The minimum atomic E-state index is -1.30. The molecule has 0 saturated carbocycles. The molecule has 0 radical (unpaired) electrons. The Labute approximate surface area is 361 Å². The van der Waals surface area contributed by atoms with Crippen LogP contribution in [0.2, 0.25) is 10.0 Å². The Morgan fingerprint density at radius 2 is 1.61 bits per heavy atom. The quantitative estimate of drug-likeness (QED) is 0.121. The molecule has 4 heterocycles. The molecular formula is C46H40Cl2N4O9. The summed E-state index contributed by atoms with van der Waals surface area (Å²) in [6, 6.07) is 22.9. The van der Waals surface area contributed by atoms with E-state index in [0.29, 0.717) is 56.7 Å². The van der Waals surface area contributed by atoms with Gasteiger partial charge in [-0.2, -0.15) is 0 Å². The van der Waals surface area contributed by atoms with Crippen molar-refractivity contribution in [3.63, 3.8) is 0 Å². The van der Waals surface area contributed by atoms with E-state index in [4.69, 9.17) is 46.6 Å². The summed E-state index contributed by atoms with van der Waals surface area (Å²) in [7, 11) is 0. The van der Waals surface area contributed by atoms with Gasteiger partial charge in [0, 0.05) is 36.8 Å². The average Bonchev–Trinajstić information content (AvgIpc) is 3.70. The first kappa shape index (κ1) is 41.2. The van der Waals surface area contributed by atoms with Gasteiger partial charge in [-0.1, -0.05) is 53.5 Å². The minimum absolute atomic E-state index is 0.00818. The number of fused-ring (bicyclic) bond motifs is 2. The van der Waals surface area contributed by atoms with Crippen molar-refractivity contribution in [3.05, 3.63) is 158 Å². The second kappa shape index (κ2) is 17.6. The number of carboxylic acid groups (broad SMARTS) is 1. The lowest BCUT2D eigenvalue weighted by Crippen LogP contribution is -2.56. The molecule has 6 aromatic rings. The van der Waals surface area contributed by atoms with Crippen LogP contribution in [-0.4, -0.2) is 56.4 Å². The molecule has 0 spiro atoms. The van der Waals surface area contributed by atoms with Crippen molar-refractivity contribution < 1.29 is 42.9 Å². The van der Waals surface area contributed by atoms with E-state index >= 15 is 0 Å². The van der Waals surface area contributed by atoms with Crippen molar-refractivity contribution >= 4 is 41.0 Å². The van der Waals surface area contributed by atoms with Crippen LogP contribution in [0.25, 0.3) is 0 Å². The molecule has 13 nitrogen and oxygen atoms in total. The van der Waals surface area contributed by atoms with Gasteiger partial charge in [-0.05, 0) is 103 Å². The van der Waals surface area contributed by atoms with Crippen molar-refractivity contribution in [2.24, 2.45) is 0 Å². The summed E-state index contributed by atoms with van der Waals surface area (Å²) in [6.07, 6.45) is 2.47. The molecule has 0 aliphatic carbocycles. The van der Waals surface area contributed by atoms with Crippen molar-refractivity contribution in [1.29, 1.82) is 0 Å². The number of rotatable bonds is 12. The summed E-state index contributed by atoms with van der Waals surface area (Å²) in [5, 5.41) is 13.9. The largest absolute Gasteiger partial charge is 0.489 e. The lowest BCUT2D eigenvalue weighted by atomic mass is 9.91. The van der Waals surface area contributed by atoms with Gasteiger partial charge in [-0.25, -0.2) is 9.78 Å².